The minimum atomic E-state index is 0.266. The fourth-order valence-electron chi connectivity index (χ4n) is 4.30. The molecule has 1 aliphatic heterocycles. The molecule has 0 unspecified atom stereocenters. The predicted molar refractivity (Wildman–Crippen MR) is 106 cm³/mol. The normalized spacial score (nSPS) is 21.2. The van der Waals surface area contributed by atoms with Crippen LogP contribution in [0.5, 0.6) is 0 Å². The van der Waals surface area contributed by atoms with E-state index in [0.717, 1.165) is 34.8 Å². The zero-order valence-corrected chi connectivity index (χ0v) is 15.7. The van der Waals surface area contributed by atoms with Gasteiger partial charge in [-0.05, 0) is 19.8 Å². The zero-order chi connectivity index (χ0) is 18.2. The van der Waals surface area contributed by atoms with Crippen molar-refractivity contribution in [1.82, 2.24) is 19.7 Å². The summed E-state index contributed by atoms with van der Waals surface area (Å²) < 4.78 is 7.75. The van der Waals surface area contributed by atoms with Crippen molar-refractivity contribution in [2.75, 3.05) is 24.7 Å². The third-order valence-electron chi connectivity index (χ3n) is 5.78. The molecule has 3 heterocycles. The first-order valence-electron chi connectivity index (χ1n) is 9.96. The number of rotatable bonds is 3. The molecular formula is C21H25N5O. The molecule has 1 saturated heterocycles. The SMILES string of the molecule is C[C@H]1COCCN1c1nc(-c2ccccc2)c2cnn(C3CCCC3)c2n1. The monoisotopic (exact) mass is 363 g/mol. The van der Waals surface area contributed by atoms with Crippen LogP contribution in [0.3, 0.4) is 0 Å². The smallest absolute Gasteiger partial charge is 0.228 e. The van der Waals surface area contributed by atoms with Crippen molar-refractivity contribution >= 4 is 17.0 Å². The molecule has 3 aromatic rings. The van der Waals surface area contributed by atoms with Gasteiger partial charge in [0.15, 0.2) is 5.65 Å². The number of ether oxygens (including phenoxy) is 1. The Kier molecular flexibility index (Phi) is 4.28. The highest BCUT2D eigenvalue weighted by Crippen LogP contribution is 2.34. The lowest BCUT2D eigenvalue weighted by atomic mass is 10.1. The fraction of sp³-hybridized carbons (Fsp3) is 0.476. The molecule has 27 heavy (non-hydrogen) atoms. The molecule has 0 bridgehead atoms. The Hall–Kier alpha value is -2.47. The highest BCUT2D eigenvalue weighted by molar-refractivity contribution is 5.91. The summed E-state index contributed by atoms with van der Waals surface area (Å²) in [5.74, 6) is 0.789. The van der Waals surface area contributed by atoms with Gasteiger partial charge in [-0.15, -0.1) is 0 Å². The van der Waals surface area contributed by atoms with Gasteiger partial charge in [0, 0.05) is 12.1 Å². The van der Waals surface area contributed by atoms with Gasteiger partial charge in [-0.25, -0.2) is 9.67 Å². The number of benzene rings is 1. The van der Waals surface area contributed by atoms with Crippen molar-refractivity contribution < 1.29 is 4.74 Å². The molecule has 1 aromatic carbocycles. The third kappa shape index (κ3) is 2.98. The van der Waals surface area contributed by atoms with E-state index in [1.807, 2.05) is 12.3 Å². The predicted octanol–water partition coefficient (Wildman–Crippen LogP) is 3.83. The van der Waals surface area contributed by atoms with Crippen LogP contribution in [0.1, 0.15) is 38.6 Å². The number of fused-ring (bicyclic) bond motifs is 1. The van der Waals surface area contributed by atoms with Gasteiger partial charge >= 0.3 is 0 Å². The van der Waals surface area contributed by atoms with Crippen LogP contribution >= 0.6 is 0 Å². The standard InChI is InChI=1S/C21H25N5O/c1-15-14-27-12-11-25(15)21-23-19(16-7-3-2-4-8-16)18-13-22-26(20(18)24-21)17-9-5-6-10-17/h2-4,7-8,13,15,17H,5-6,9-12,14H2,1H3/t15-/m0/s1. The minimum absolute atomic E-state index is 0.266. The summed E-state index contributed by atoms with van der Waals surface area (Å²) in [6, 6.07) is 11.1. The van der Waals surface area contributed by atoms with E-state index in [9.17, 15) is 0 Å². The largest absolute Gasteiger partial charge is 0.377 e. The number of hydrogen-bond donors (Lipinski definition) is 0. The van der Waals surface area contributed by atoms with Crippen LogP contribution in [0.25, 0.3) is 22.3 Å². The molecule has 2 aliphatic rings. The van der Waals surface area contributed by atoms with Crippen molar-refractivity contribution in [3.05, 3.63) is 36.5 Å². The second-order valence-electron chi connectivity index (χ2n) is 7.62. The fourth-order valence-corrected chi connectivity index (χ4v) is 4.30. The van der Waals surface area contributed by atoms with Gasteiger partial charge in [0.2, 0.25) is 5.95 Å². The molecular weight excluding hydrogens is 338 g/mol. The van der Waals surface area contributed by atoms with E-state index in [1.54, 1.807) is 0 Å². The maximum atomic E-state index is 5.61. The number of morpholine rings is 1. The molecule has 140 valence electrons. The van der Waals surface area contributed by atoms with Crippen molar-refractivity contribution in [3.63, 3.8) is 0 Å². The summed E-state index contributed by atoms with van der Waals surface area (Å²) in [6.07, 6.45) is 6.87. The highest BCUT2D eigenvalue weighted by atomic mass is 16.5. The van der Waals surface area contributed by atoms with Gasteiger partial charge in [-0.1, -0.05) is 43.2 Å². The van der Waals surface area contributed by atoms with Crippen molar-refractivity contribution in [1.29, 1.82) is 0 Å². The van der Waals surface area contributed by atoms with Gasteiger partial charge in [-0.2, -0.15) is 10.1 Å². The molecule has 2 fully saturated rings. The Morgan fingerprint density at radius 1 is 1.07 bits per heavy atom. The molecule has 6 nitrogen and oxygen atoms in total. The first-order valence-corrected chi connectivity index (χ1v) is 9.96. The number of aromatic nitrogens is 4. The lowest BCUT2D eigenvalue weighted by molar-refractivity contribution is 0.0981. The summed E-state index contributed by atoms with van der Waals surface area (Å²) >= 11 is 0. The second kappa shape index (κ2) is 6.93. The highest BCUT2D eigenvalue weighted by Gasteiger charge is 2.26. The molecule has 0 N–H and O–H groups in total. The molecule has 5 rings (SSSR count). The van der Waals surface area contributed by atoms with Crippen LogP contribution in [0.2, 0.25) is 0 Å². The molecule has 0 radical (unpaired) electrons. The Morgan fingerprint density at radius 2 is 1.89 bits per heavy atom. The van der Waals surface area contributed by atoms with E-state index >= 15 is 0 Å². The van der Waals surface area contributed by atoms with Crippen LogP contribution < -0.4 is 4.90 Å². The van der Waals surface area contributed by atoms with Gasteiger partial charge in [0.05, 0.1) is 42.6 Å². The first-order chi connectivity index (χ1) is 13.3. The summed E-state index contributed by atoms with van der Waals surface area (Å²) in [5, 5.41) is 5.78. The topological polar surface area (TPSA) is 56.1 Å². The van der Waals surface area contributed by atoms with E-state index in [1.165, 1.54) is 25.7 Å². The first kappa shape index (κ1) is 16.7. The number of anilines is 1. The van der Waals surface area contributed by atoms with Crippen LogP contribution in [0.15, 0.2) is 36.5 Å². The van der Waals surface area contributed by atoms with Crippen molar-refractivity contribution in [3.8, 4) is 11.3 Å². The van der Waals surface area contributed by atoms with Crippen LogP contribution in [0.4, 0.5) is 5.95 Å². The maximum Gasteiger partial charge on any atom is 0.228 e. The summed E-state index contributed by atoms with van der Waals surface area (Å²) in [5.41, 5.74) is 3.04. The van der Waals surface area contributed by atoms with Gasteiger partial charge < -0.3 is 9.64 Å². The molecule has 1 aliphatic carbocycles. The average Bonchev–Trinajstić information content (AvgIpc) is 3.38. The zero-order valence-electron chi connectivity index (χ0n) is 15.7. The molecule has 0 spiro atoms. The van der Waals surface area contributed by atoms with Crippen LogP contribution in [0, 0.1) is 0 Å². The number of hydrogen-bond acceptors (Lipinski definition) is 5. The summed E-state index contributed by atoms with van der Waals surface area (Å²) in [7, 11) is 0. The molecule has 6 heteroatoms. The van der Waals surface area contributed by atoms with E-state index < -0.39 is 0 Å². The Bertz CT molecular complexity index is 932. The third-order valence-corrected chi connectivity index (χ3v) is 5.78. The maximum absolute atomic E-state index is 5.61. The van der Waals surface area contributed by atoms with Gasteiger partial charge in [0.25, 0.3) is 0 Å². The second-order valence-corrected chi connectivity index (χ2v) is 7.62. The summed E-state index contributed by atoms with van der Waals surface area (Å²) in [6.45, 7) is 4.42. The van der Waals surface area contributed by atoms with E-state index in [4.69, 9.17) is 19.8 Å². The molecule has 1 atom stereocenters. The lowest BCUT2D eigenvalue weighted by Crippen LogP contribution is -2.44. The van der Waals surface area contributed by atoms with Gasteiger partial charge in [0.1, 0.15) is 0 Å². The van der Waals surface area contributed by atoms with Crippen LogP contribution in [-0.4, -0.2) is 45.5 Å². The Morgan fingerprint density at radius 3 is 2.67 bits per heavy atom. The minimum Gasteiger partial charge on any atom is -0.377 e. The Labute approximate surface area is 159 Å². The Balaban J connectivity index is 1.69. The average molecular weight is 363 g/mol. The van der Waals surface area contributed by atoms with Crippen molar-refractivity contribution in [2.24, 2.45) is 0 Å². The van der Waals surface area contributed by atoms with E-state index in [-0.39, 0.29) is 6.04 Å². The van der Waals surface area contributed by atoms with Crippen LogP contribution in [-0.2, 0) is 4.74 Å². The summed E-state index contributed by atoms with van der Waals surface area (Å²) in [4.78, 5) is 12.3. The van der Waals surface area contributed by atoms with Crippen molar-refractivity contribution in [2.45, 2.75) is 44.7 Å². The molecule has 1 saturated carbocycles. The quantitative estimate of drug-likeness (QED) is 0.708. The van der Waals surface area contributed by atoms with E-state index in [2.05, 4.69) is 40.8 Å². The van der Waals surface area contributed by atoms with Gasteiger partial charge in [-0.3, -0.25) is 0 Å². The number of nitrogens with zero attached hydrogens (tertiary/aromatic N) is 5. The van der Waals surface area contributed by atoms with E-state index in [0.29, 0.717) is 19.3 Å². The molecule has 0 amide bonds. The lowest BCUT2D eigenvalue weighted by Gasteiger charge is -2.33. The molecule has 2 aromatic heterocycles.